The molecule has 7 aromatic rings. The van der Waals surface area contributed by atoms with E-state index in [9.17, 15) is 0 Å². The van der Waals surface area contributed by atoms with Crippen LogP contribution < -0.4 is 9.80 Å². The third-order valence-electron chi connectivity index (χ3n) is 8.95. The van der Waals surface area contributed by atoms with E-state index in [2.05, 4.69) is 168 Å². The van der Waals surface area contributed by atoms with Crippen molar-refractivity contribution in [2.75, 3.05) is 9.80 Å². The summed E-state index contributed by atoms with van der Waals surface area (Å²) in [6, 6.07) is 57.4. The fourth-order valence-electron chi connectivity index (χ4n) is 6.19. The Hall–Kier alpha value is -5.74. The summed E-state index contributed by atoms with van der Waals surface area (Å²) in [5, 5.41) is 0. The van der Waals surface area contributed by atoms with Gasteiger partial charge in [-0.2, -0.15) is 0 Å². The Kier molecular flexibility index (Phi) is 7.03. The predicted octanol–water partition coefficient (Wildman–Crippen LogP) is 11.3. The first kappa shape index (κ1) is 27.8. The lowest BCUT2D eigenvalue weighted by atomic mass is 9.97. The molecule has 1 aromatic heterocycles. The van der Waals surface area contributed by atoms with Crippen LogP contribution in [0.2, 0.25) is 0 Å². The minimum Gasteiger partial charge on any atom is -0.311 e. The highest BCUT2D eigenvalue weighted by atomic mass is 15.2. The smallest absolute Gasteiger partial charge is 0.0930 e. The topological polar surface area (TPSA) is 32.3 Å². The molecule has 0 saturated heterocycles. The van der Waals surface area contributed by atoms with Gasteiger partial charge in [-0.05, 0) is 97.8 Å². The van der Waals surface area contributed by atoms with Gasteiger partial charge in [0.1, 0.15) is 0 Å². The second kappa shape index (κ2) is 11.6. The number of nitrogens with zero attached hydrogens (tertiary/aromatic N) is 4. The number of anilines is 6. The Morgan fingerprint density at radius 3 is 1.17 bits per heavy atom. The lowest BCUT2D eigenvalue weighted by Crippen LogP contribution is -2.12. The SMILES string of the molecule is CC1(c2nc3ccccc3nc2-c2ccc(N(c3ccccc3)c3ccc(N(c4ccccc4)c4ccccc4)cc3)cc2)CC1. The zero-order chi connectivity index (χ0) is 30.9. The number of para-hydroxylation sites is 5. The molecule has 1 aliphatic rings. The van der Waals surface area contributed by atoms with E-state index in [0.717, 1.165) is 75.0 Å². The van der Waals surface area contributed by atoms with E-state index in [1.807, 2.05) is 12.1 Å². The number of benzene rings is 6. The molecule has 4 nitrogen and oxygen atoms in total. The van der Waals surface area contributed by atoms with E-state index in [0.29, 0.717) is 0 Å². The maximum Gasteiger partial charge on any atom is 0.0930 e. The first-order valence-corrected chi connectivity index (χ1v) is 15.9. The fourth-order valence-corrected chi connectivity index (χ4v) is 6.19. The fraction of sp³-hybridized carbons (Fsp3) is 0.0952. The van der Waals surface area contributed by atoms with E-state index in [4.69, 9.17) is 9.97 Å². The molecule has 6 aromatic carbocycles. The molecule has 46 heavy (non-hydrogen) atoms. The molecule has 222 valence electrons. The monoisotopic (exact) mass is 594 g/mol. The maximum atomic E-state index is 5.14. The highest BCUT2D eigenvalue weighted by Gasteiger charge is 2.43. The molecule has 1 heterocycles. The van der Waals surface area contributed by atoms with Gasteiger partial charge in [-0.3, -0.25) is 0 Å². The first-order chi connectivity index (χ1) is 22.7. The predicted molar refractivity (Wildman–Crippen MR) is 191 cm³/mol. The van der Waals surface area contributed by atoms with E-state index in [1.54, 1.807) is 0 Å². The summed E-state index contributed by atoms with van der Waals surface area (Å²) < 4.78 is 0. The van der Waals surface area contributed by atoms with Crippen molar-refractivity contribution >= 4 is 45.2 Å². The van der Waals surface area contributed by atoms with Crippen LogP contribution >= 0.6 is 0 Å². The van der Waals surface area contributed by atoms with Crippen LogP contribution in [-0.4, -0.2) is 9.97 Å². The summed E-state index contributed by atoms with van der Waals surface area (Å²) in [4.78, 5) is 14.9. The van der Waals surface area contributed by atoms with Crippen molar-refractivity contribution in [2.24, 2.45) is 0 Å². The average Bonchev–Trinajstić information content (AvgIpc) is 3.88. The Labute approximate surface area is 270 Å². The van der Waals surface area contributed by atoms with Crippen LogP contribution in [0.1, 0.15) is 25.5 Å². The number of hydrogen-bond donors (Lipinski definition) is 0. The first-order valence-electron chi connectivity index (χ1n) is 15.9. The molecular weight excluding hydrogens is 560 g/mol. The Morgan fingerprint density at radius 1 is 0.413 bits per heavy atom. The van der Waals surface area contributed by atoms with Gasteiger partial charge in [-0.1, -0.05) is 85.8 Å². The molecule has 0 bridgehead atoms. The van der Waals surface area contributed by atoms with Crippen LogP contribution in [0.25, 0.3) is 22.3 Å². The van der Waals surface area contributed by atoms with Crippen LogP contribution in [0.4, 0.5) is 34.1 Å². The summed E-state index contributed by atoms with van der Waals surface area (Å²) in [6.45, 7) is 2.31. The molecule has 1 fully saturated rings. The Morgan fingerprint density at radius 2 is 0.761 bits per heavy atom. The second-order valence-corrected chi connectivity index (χ2v) is 12.2. The maximum absolute atomic E-state index is 5.14. The summed E-state index contributed by atoms with van der Waals surface area (Å²) in [6.07, 6.45) is 2.30. The third kappa shape index (κ3) is 5.28. The molecular formula is C42H34N4. The lowest BCUT2D eigenvalue weighted by Gasteiger charge is -2.28. The van der Waals surface area contributed by atoms with Crippen LogP contribution in [0.15, 0.2) is 164 Å². The largest absolute Gasteiger partial charge is 0.311 e. The second-order valence-electron chi connectivity index (χ2n) is 12.2. The normalized spacial score (nSPS) is 13.3. The zero-order valence-corrected chi connectivity index (χ0v) is 25.8. The van der Waals surface area contributed by atoms with Gasteiger partial charge in [0.25, 0.3) is 0 Å². The van der Waals surface area contributed by atoms with E-state index in [1.165, 1.54) is 0 Å². The van der Waals surface area contributed by atoms with Crippen molar-refractivity contribution < 1.29 is 0 Å². The van der Waals surface area contributed by atoms with Crippen molar-refractivity contribution in [2.45, 2.75) is 25.2 Å². The van der Waals surface area contributed by atoms with Crippen molar-refractivity contribution in [3.8, 4) is 11.3 Å². The average molecular weight is 595 g/mol. The standard InChI is InChI=1S/C42H34N4/c1-42(29-30-42)41-40(43-38-19-11-12-20-39(38)44-41)31-21-23-35(24-22-31)46(34-17-9-4-10-18-34)37-27-25-36(26-28-37)45(32-13-5-2-6-14-32)33-15-7-3-8-16-33/h2-28H,29-30H2,1H3. The molecule has 1 aliphatic carbocycles. The van der Waals surface area contributed by atoms with Crippen LogP contribution in [0.5, 0.6) is 0 Å². The Bertz CT molecular complexity index is 2050. The van der Waals surface area contributed by atoms with Crippen molar-refractivity contribution in [3.63, 3.8) is 0 Å². The molecule has 0 amide bonds. The molecule has 4 heteroatoms. The third-order valence-corrected chi connectivity index (χ3v) is 8.95. The Balaban J connectivity index is 1.18. The van der Waals surface area contributed by atoms with E-state index in [-0.39, 0.29) is 5.41 Å². The quantitative estimate of drug-likeness (QED) is 0.175. The minimum atomic E-state index is 0.0935. The highest BCUT2D eigenvalue weighted by molar-refractivity contribution is 5.83. The van der Waals surface area contributed by atoms with Crippen molar-refractivity contribution in [3.05, 3.63) is 169 Å². The van der Waals surface area contributed by atoms with Gasteiger partial charge in [0, 0.05) is 45.1 Å². The van der Waals surface area contributed by atoms with Gasteiger partial charge in [-0.25, -0.2) is 9.97 Å². The van der Waals surface area contributed by atoms with Gasteiger partial charge in [0.05, 0.1) is 22.4 Å². The molecule has 0 spiro atoms. The molecule has 0 aliphatic heterocycles. The molecule has 0 radical (unpaired) electrons. The summed E-state index contributed by atoms with van der Waals surface area (Å²) in [5.74, 6) is 0. The zero-order valence-electron chi connectivity index (χ0n) is 25.8. The highest BCUT2D eigenvalue weighted by Crippen LogP contribution is 2.50. The lowest BCUT2D eigenvalue weighted by molar-refractivity contribution is 0.753. The molecule has 0 unspecified atom stereocenters. The molecule has 8 rings (SSSR count). The van der Waals surface area contributed by atoms with Gasteiger partial charge < -0.3 is 9.80 Å². The molecule has 0 N–H and O–H groups in total. The van der Waals surface area contributed by atoms with Crippen LogP contribution in [0.3, 0.4) is 0 Å². The number of rotatable bonds is 8. The van der Waals surface area contributed by atoms with Crippen LogP contribution in [0, 0.1) is 0 Å². The van der Waals surface area contributed by atoms with Gasteiger partial charge in [0.2, 0.25) is 0 Å². The minimum absolute atomic E-state index is 0.0935. The van der Waals surface area contributed by atoms with Crippen molar-refractivity contribution in [1.82, 2.24) is 9.97 Å². The number of hydrogen-bond acceptors (Lipinski definition) is 4. The van der Waals surface area contributed by atoms with E-state index >= 15 is 0 Å². The summed E-state index contributed by atoms with van der Waals surface area (Å²) >= 11 is 0. The number of aromatic nitrogens is 2. The van der Waals surface area contributed by atoms with Gasteiger partial charge >= 0.3 is 0 Å². The van der Waals surface area contributed by atoms with Crippen molar-refractivity contribution in [1.29, 1.82) is 0 Å². The van der Waals surface area contributed by atoms with E-state index < -0.39 is 0 Å². The number of fused-ring (bicyclic) bond motifs is 1. The summed E-state index contributed by atoms with van der Waals surface area (Å²) in [7, 11) is 0. The summed E-state index contributed by atoms with van der Waals surface area (Å²) in [5.41, 5.74) is 11.8. The van der Waals surface area contributed by atoms with Gasteiger partial charge in [0.15, 0.2) is 0 Å². The van der Waals surface area contributed by atoms with Crippen LogP contribution in [-0.2, 0) is 5.41 Å². The molecule has 0 atom stereocenters. The van der Waals surface area contributed by atoms with Gasteiger partial charge in [-0.15, -0.1) is 0 Å². The molecule has 1 saturated carbocycles.